The number of ether oxygens (including phenoxy) is 1. The minimum atomic E-state index is -0.000454. The third-order valence-corrected chi connectivity index (χ3v) is 4.34. The Morgan fingerprint density at radius 1 is 1.17 bits per heavy atom. The molecular formula is C19H28N2O3. The maximum Gasteiger partial charge on any atom is 0.220 e. The molecule has 0 spiro atoms. The van der Waals surface area contributed by atoms with E-state index in [-0.39, 0.29) is 17.9 Å². The second-order valence-electron chi connectivity index (χ2n) is 6.45. The quantitative estimate of drug-likeness (QED) is 0.647. The van der Waals surface area contributed by atoms with Crippen LogP contribution in [0.2, 0.25) is 0 Å². The molecule has 1 atom stereocenters. The molecule has 132 valence electrons. The Balaban J connectivity index is 1.74. The van der Waals surface area contributed by atoms with Crippen LogP contribution in [-0.4, -0.2) is 25.5 Å². The van der Waals surface area contributed by atoms with E-state index in [9.17, 15) is 9.59 Å². The Labute approximate surface area is 144 Å². The monoisotopic (exact) mass is 332 g/mol. The summed E-state index contributed by atoms with van der Waals surface area (Å²) in [6.07, 6.45) is 5.61. The van der Waals surface area contributed by atoms with Gasteiger partial charge in [-0.25, -0.2) is 0 Å². The summed E-state index contributed by atoms with van der Waals surface area (Å²) in [5.41, 5.74) is 1.15. The van der Waals surface area contributed by atoms with Crippen LogP contribution in [0.1, 0.15) is 57.1 Å². The molecule has 0 aromatic heterocycles. The Bertz CT molecular complexity index is 538. The topological polar surface area (TPSA) is 67.4 Å². The van der Waals surface area contributed by atoms with Crippen molar-refractivity contribution in [2.45, 2.75) is 51.5 Å². The minimum absolute atomic E-state index is 0.000454. The fraction of sp³-hybridized carbons (Fsp3) is 0.579. The zero-order valence-electron chi connectivity index (χ0n) is 14.6. The van der Waals surface area contributed by atoms with E-state index in [0.717, 1.165) is 30.6 Å². The average Bonchev–Trinajstić information content (AvgIpc) is 3.40. The molecule has 5 heteroatoms. The van der Waals surface area contributed by atoms with Crippen LogP contribution in [0.4, 0.5) is 0 Å². The van der Waals surface area contributed by atoms with Gasteiger partial charge in [0.15, 0.2) is 0 Å². The van der Waals surface area contributed by atoms with E-state index in [1.165, 1.54) is 19.8 Å². The molecule has 1 aliphatic carbocycles. The molecule has 1 aliphatic rings. The number of benzene rings is 1. The van der Waals surface area contributed by atoms with E-state index in [2.05, 4.69) is 10.6 Å². The summed E-state index contributed by atoms with van der Waals surface area (Å²) in [4.78, 5) is 23.0. The van der Waals surface area contributed by atoms with Gasteiger partial charge in [-0.1, -0.05) is 18.6 Å². The third kappa shape index (κ3) is 6.22. The first-order valence-corrected chi connectivity index (χ1v) is 8.78. The number of hydrogen-bond donors (Lipinski definition) is 2. The molecular weight excluding hydrogens is 304 g/mol. The second kappa shape index (κ2) is 9.30. The molecule has 0 aliphatic heterocycles. The number of amides is 2. The van der Waals surface area contributed by atoms with Gasteiger partial charge in [0.05, 0.1) is 13.2 Å². The van der Waals surface area contributed by atoms with Gasteiger partial charge in [-0.3, -0.25) is 9.59 Å². The van der Waals surface area contributed by atoms with Crippen LogP contribution < -0.4 is 15.4 Å². The highest BCUT2D eigenvalue weighted by atomic mass is 16.5. The van der Waals surface area contributed by atoms with Gasteiger partial charge in [0.1, 0.15) is 5.75 Å². The molecule has 2 N–H and O–H groups in total. The maximum atomic E-state index is 12.2. The van der Waals surface area contributed by atoms with Gasteiger partial charge in [-0.15, -0.1) is 0 Å². The highest BCUT2D eigenvalue weighted by Crippen LogP contribution is 2.41. The van der Waals surface area contributed by atoms with Crippen molar-refractivity contribution in [1.29, 1.82) is 0 Å². The second-order valence-corrected chi connectivity index (χ2v) is 6.45. The maximum absolute atomic E-state index is 12.2. The zero-order valence-corrected chi connectivity index (χ0v) is 14.6. The summed E-state index contributed by atoms with van der Waals surface area (Å²) < 4.78 is 5.19. The summed E-state index contributed by atoms with van der Waals surface area (Å²) in [6.45, 7) is 2.21. The first-order chi connectivity index (χ1) is 11.6. The lowest BCUT2D eigenvalue weighted by Crippen LogP contribution is -2.29. The van der Waals surface area contributed by atoms with Gasteiger partial charge in [0.25, 0.3) is 0 Å². The fourth-order valence-corrected chi connectivity index (χ4v) is 2.81. The average molecular weight is 332 g/mol. The number of rotatable bonds is 10. The van der Waals surface area contributed by atoms with Crippen LogP contribution in [0.15, 0.2) is 24.3 Å². The number of carbonyl (C=O) groups excluding carboxylic acids is 2. The molecule has 1 saturated carbocycles. The summed E-state index contributed by atoms with van der Waals surface area (Å²) in [7, 11) is 1.65. The van der Waals surface area contributed by atoms with E-state index in [4.69, 9.17) is 4.74 Å². The van der Waals surface area contributed by atoms with Crippen LogP contribution in [0, 0.1) is 5.92 Å². The Morgan fingerprint density at radius 3 is 2.46 bits per heavy atom. The van der Waals surface area contributed by atoms with Gasteiger partial charge in [-0.2, -0.15) is 0 Å². The number of hydrogen-bond acceptors (Lipinski definition) is 3. The predicted molar refractivity (Wildman–Crippen MR) is 93.8 cm³/mol. The molecule has 1 fully saturated rings. The highest BCUT2D eigenvalue weighted by molar-refractivity contribution is 5.76. The van der Waals surface area contributed by atoms with Gasteiger partial charge in [-0.05, 0) is 49.3 Å². The van der Waals surface area contributed by atoms with Gasteiger partial charge in [0.2, 0.25) is 11.8 Å². The number of methoxy groups -OCH3 is 1. The van der Waals surface area contributed by atoms with E-state index in [0.29, 0.717) is 18.9 Å². The van der Waals surface area contributed by atoms with Crippen LogP contribution in [0.3, 0.4) is 0 Å². The van der Waals surface area contributed by atoms with Crippen LogP contribution >= 0.6 is 0 Å². The van der Waals surface area contributed by atoms with Crippen molar-refractivity contribution in [3.05, 3.63) is 29.8 Å². The van der Waals surface area contributed by atoms with E-state index >= 15 is 0 Å². The van der Waals surface area contributed by atoms with Crippen LogP contribution in [0.5, 0.6) is 5.75 Å². The molecule has 5 nitrogen and oxygen atoms in total. The van der Waals surface area contributed by atoms with Gasteiger partial charge in [0, 0.05) is 19.9 Å². The normalized spacial score (nSPS) is 14.8. The summed E-state index contributed by atoms with van der Waals surface area (Å²) in [5, 5.41) is 5.96. The predicted octanol–water partition coefficient (Wildman–Crippen LogP) is 2.96. The lowest BCUT2D eigenvalue weighted by molar-refractivity contribution is -0.122. The molecule has 1 unspecified atom stereocenters. The molecule has 2 amide bonds. The SMILES string of the molecule is COc1ccc(C(NC(=O)CCCCCNC(C)=O)C2CC2)cc1. The fourth-order valence-electron chi connectivity index (χ4n) is 2.81. The Hall–Kier alpha value is -2.04. The summed E-state index contributed by atoms with van der Waals surface area (Å²) in [5.74, 6) is 1.50. The largest absolute Gasteiger partial charge is 0.497 e. The van der Waals surface area contributed by atoms with Crippen molar-refractivity contribution in [2.75, 3.05) is 13.7 Å². The van der Waals surface area contributed by atoms with Crippen molar-refractivity contribution in [2.24, 2.45) is 5.92 Å². The van der Waals surface area contributed by atoms with Crippen molar-refractivity contribution < 1.29 is 14.3 Å². The molecule has 0 heterocycles. The first-order valence-electron chi connectivity index (χ1n) is 8.78. The standard InChI is InChI=1S/C19H28N2O3/c1-14(22)20-13-5-3-4-6-18(23)21-19(15-7-8-15)16-9-11-17(24-2)12-10-16/h9-12,15,19H,3-8,13H2,1-2H3,(H,20,22)(H,21,23). The molecule has 2 rings (SSSR count). The smallest absolute Gasteiger partial charge is 0.220 e. The highest BCUT2D eigenvalue weighted by Gasteiger charge is 2.33. The van der Waals surface area contributed by atoms with Crippen molar-refractivity contribution in [3.63, 3.8) is 0 Å². The molecule has 0 radical (unpaired) electrons. The van der Waals surface area contributed by atoms with Crippen molar-refractivity contribution in [1.82, 2.24) is 10.6 Å². The molecule has 1 aromatic rings. The van der Waals surface area contributed by atoms with Crippen molar-refractivity contribution >= 4 is 11.8 Å². The van der Waals surface area contributed by atoms with Crippen LogP contribution in [0.25, 0.3) is 0 Å². The molecule has 0 bridgehead atoms. The van der Waals surface area contributed by atoms with E-state index < -0.39 is 0 Å². The Kier molecular flexibility index (Phi) is 7.09. The number of nitrogens with one attached hydrogen (secondary N) is 2. The summed E-state index contributed by atoms with van der Waals surface area (Å²) >= 11 is 0. The Morgan fingerprint density at radius 2 is 1.88 bits per heavy atom. The lowest BCUT2D eigenvalue weighted by atomic mass is 10.0. The molecule has 24 heavy (non-hydrogen) atoms. The van der Waals surface area contributed by atoms with Crippen molar-refractivity contribution in [3.8, 4) is 5.75 Å². The van der Waals surface area contributed by atoms with Crippen LogP contribution in [-0.2, 0) is 9.59 Å². The number of unbranched alkanes of at least 4 members (excludes halogenated alkanes) is 2. The van der Waals surface area contributed by atoms with Gasteiger partial charge < -0.3 is 15.4 Å². The van der Waals surface area contributed by atoms with Gasteiger partial charge >= 0.3 is 0 Å². The molecule has 0 saturated heterocycles. The minimum Gasteiger partial charge on any atom is -0.497 e. The first kappa shape index (κ1) is 18.3. The third-order valence-electron chi connectivity index (χ3n) is 4.34. The number of carbonyl (C=O) groups is 2. The van der Waals surface area contributed by atoms with E-state index in [1.54, 1.807) is 7.11 Å². The lowest BCUT2D eigenvalue weighted by Gasteiger charge is -2.19. The zero-order chi connectivity index (χ0) is 17.4. The molecule has 1 aromatic carbocycles. The summed E-state index contributed by atoms with van der Waals surface area (Å²) in [6, 6.07) is 8.07. The van der Waals surface area contributed by atoms with E-state index in [1.807, 2.05) is 24.3 Å².